The normalized spacial score (nSPS) is 11.9. The third-order valence-electron chi connectivity index (χ3n) is 2.49. The van der Waals surface area contributed by atoms with Crippen LogP contribution in [0.5, 0.6) is 0 Å². The van der Waals surface area contributed by atoms with Crippen LogP contribution in [-0.2, 0) is 0 Å². The Labute approximate surface area is 120 Å². The van der Waals surface area contributed by atoms with E-state index < -0.39 is 0 Å². The lowest BCUT2D eigenvalue weighted by Crippen LogP contribution is -2.06. The maximum Gasteiger partial charge on any atom is 0.101 e. The summed E-state index contributed by atoms with van der Waals surface area (Å²) < 4.78 is 0.755. The molecule has 0 saturated carbocycles. The highest BCUT2D eigenvalue weighted by Gasteiger charge is 2.10. The highest BCUT2D eigenvalue weighted by Crippen LogP contribution is 2.30. The van der Waals surface area contributed by atoms with Gasteiger partial charge in [-0.3, -0.25) is 0 Å². The minimum absolute atomic E-state index is 0.0769. The van der Waals surface area contributed by atoms with Gasteiger partial charge in [-0.15, -0.1) is 11.3 Å². The van der Waals surface area contributed by atoms with Crippen LogP contribution < -0.4 is 5.32 Å². The van der Waals surface area contributed by atoms with E-state index in [2.05, 4.69) is 11.4 Å². The fourth-order valence-electron chi connectivity index (χ4n) is 1.60. The summed E-state index contributed by atoms with van der Waals surface area (Å²) in [6.07, 6.45) is 0. The number of anilines is 1. The van der Waals surface area contributed by atoms with Gasteiger partial charge < -0.3 is 5.32 Å². The average molecular weight is 297 g/mol. The number of rotatable bonds is 3. The fourth-order valence-corrected chi connectivity index (χ4v) is 2.83. The number of hydrogen-bond donors (Lipinski definition) is 1. The number of nitriles is 1. The summed E-state index contributed by atoms with van der Waals surface area (Å²) in [7, 11) is 0. The maximum absolute atomic E-state index is 9.05. The zero-order valence-electron chi connectivity index (χ0n) is 9.58. The Morgan fingerprint density at radius 3 is 2.67 bits per heavy atom. The van der Waals surface area contributed by atoms with E-state index in [0.29, 0.717) is 10.6 Å². The molecule has 0 bridgehead atoms. The quantitative estimate of drug-likeness (QED) is 0.855. The Hall–Kier alpha value is -1.21. The van der Waals surface area contributed by atoms with Crippen molar-refractivity contribution in [3.8, 4) is 6.07 Å². The van der Waals surface area contributed by atoms with Gasteiger partial charge in [-0.1, -0.05) is 23.2 Å². The van der Waals surface area contributed by atoms with Crippen molar-refractivity contribution in [2.45, 2.75) is 13.0 Å². The Bertz CT molecular complexity index is 601. The SMILES string of the molecule is CC(Nc1cc(Cl)ccc1C#N)c1ccc(Cl)s1. The van der Waals surface area contributed by atoms with Crippen LogP contribution in [0.3, 0.4) is 0 Å². The summed E-state index contributed by atoms with van der Waals surface area (Å²) in [4.78, 5) is 1.11. The molecule has 0 spiro atoms. The molecule has 92 valence electrons. The van der Waals surface area contributed by atoms with Crippen LogP contribution >= 0.6 is 34.5 Å². The smallest absolute Gasteiger partial charge is 0.101 e. The minimum Gasteiger partial charge on any atom is -0.377 e. The molecule has 0 amide bonds. The lowest BCUT2D eigenvalue weighted by molar-refractivity contribution is 0.907. The number of nitrogens with zero attached hydrogens (tertiary/aromatic N) is 1. The minimum atomic E-state index is 0.0769. The molecule has 1 unspecified atom stereocenters. The van der Waals surface area contributed by atoms with Crippen molar-refractivity contribution in [1.82, 2.24) is 0 Å². The van der Waals surface area contributed by atoms with Gasteiger partial charge >= 0.3 is 0 Å². The number of nitrogens with one attached hydrogen (secondary N) is 1. The molecule has 1 N–H and O–H groups in total. The van der Waals surface area contributed by atoms with E-state index >= 15 is 0 Å². The first-order chi connectivity index (χ1) is 8.60. The highest BCUT2D eigenvalue weighted by atomic mass is 35.5. The third kappa shape index (κ3) is 2.97. The molecule has 5 heteroatoms. The van der Waals surface area contributed by atoms with Crippen molar-refractivity contribution >= 4 is 40.2 Å². The molecule has 2 nitrogen and oxygen atoms in total. The third-order valence-corrected chi connectivity index (χ3v) is 4.14. The molecule has 0 aliphatic rings. The predicted molar refractivity (Wildman–Crippen MR) is 77.5 cm³/mol. The van der Waals surface area contributed by atoms with Crippen molar-refractivity contribution in [3.63, 3.8) is 0 Å². The first-order valence-electron chi connectivity index (χ1n) is 5.31. The zero-order valence-corrected chi connectivity index (χ0v) is 11.9. The second-order valence-corrected chi connectivity index (χ2v) is 5.99. The van der Waals surface area contributed by atoms with Crippen LogP contribution in [0, 0.1) is 11.3 Å². The number of halogens is 2. The molecule has 2 rings (SSSR count). The van der Waals surface area contributed by atoms with E-state index in [9.17, 15) is 0 Å². The lowest BCUT2D eigenvalue weighted by atomic mass is 10.1. The van der Waals surface area contributed by atoms with E-state index in [1.165, 1.54) is 11.3 Å². The second-order valence-electron chi connectivity index (χ2n) is 3.81. The van der Waals surface area contributed by atoms with E-state index in [4.69, 9.17) is 28.5 Å². The predicted octanol–water partition coefficient (Wildman–Crippen LogP) is 5.10. The Balaban J connectivity index is 2.24. The fraction of sp³-hybridized carbons (Fsp3) is 0.154. The van der Waals surface area contributed by atoms with Crippen molar-refractivity contribution in [3.05, 3.63) is 50.1 Å². The molecule has 0 aliphatic carbocycles. The van der Waals surface area contributed by atoms with Gasteiger partial charge in [0.05, 0.1) is 21.6 Å². The molecule has 0 fully saturated rings. The molecule has 18 heavy (non-hydrogen) atoms. The molecular formula is C13H10Cl2N2S. The summed E-state index contributed by atoms with van der Waals surface area (Å²) >= 11 is 13.4. The van der Waals surface area contributed by atoms with Crippen LogP contribution in [0.1, 0.15) is 23.4 Å². The van der Waals surface area contributed by atoms with E-state index in [0.717, 1.165) is 14.9 Å². The first kappa shape index (κ1) is 13.2. The molecule has 1 atom stereocenters. The zero-order chi connectivity index (χ0) is 13.1. The maximum atomic E-state index is 9.05. The van der Waals surface area contributed by atoms with Crippen molar-refractivity contribution in [2.24, 2.45) is 0 Å². The van der Waals surface area contributed by atoms with Gasteiger partial charge in [-0.05, 0) is 37.3 Å². The molecule has 1 heterocycles. The summed E-state index contributed by atoms with van der Waals surface area (Å²) in [6, 6.07) is 11.2. The van der Waals surface area contributed by atoms with Gasteiger partial charge in [0.1, 0.15) is 6.07 Å². The number of thiophene rings is 1. The van der Waals surface area contributed by atoms with Gasteiger partial charge in [0, 0.05) is 9.90 Å². The largest absolute Gasteiger partial charge is 0.377 e. The van der Waals surface area contributed by atoms with Gasteiger partial charge in [-0.2, -0.15) is 5.26 Å². The van der Waals surface area contributed by atoms with Crippen LogP contribution in [-0.4, -0.2) is 0 Å². The first-order valence-corrected chi connectivity index (χ1v) is 6.89. The summed E-state index contributed by atoms with van der Waals surface area (Å²) in [5.74, 6) is 0. The molecule has 2 aromatic rings. The molecule has 0 saturated heterocycles. The molecule has 1 aromatic carbocycles. The van der Waals surface area contributed by atoms with Crippen LogP contribution in [0.2, 0.25) is 9.36 Å². The second kappa shape index (κ2) is 5.62. The number of hydrogen-bond acceptors (Lipinski definition) is 3. The summed E-state index contributed by atoms with van der Waals surface area (Å²) in [6.45, 7) is 2.02. The highest BCUT2D eigenvalue weighted by molar-refractivity contribution is 7.16. The summed E-state index contributed by atoms with van der Waals surface area (Å²) in [5.41, 5.74) is 1.32. The summed E-state index contributed by atoms with van der Waals surface area (Å²) in [5, 5.41) is 12.9. The van der Waals surface area contributed by atoms with Gasteiger partial charge in [0.2, 0.25) is 0 Å². The van der Waals surface area contributed by atoms with E-state index in [1.54, 1.807) is 18.2 Å². The standard InChI is InChI=1S/C13H10Cl2N2S/c1-8(12-4-5-13(15)18-12)17-11-6-10(14)3-2-9(11)7-16/h2-6,8,17H,1H3. The van der Waals surface area contributed by atoms with Crippen LogP contribution in [0.4, 0.5) is 5.69 Å². The van der Waals surface area contributed by atoms with Crippen LogP contribution in [0.25, 0.3) is 0 Å². The Morgan fingerprint density at radius 1 is 1.28 bits per heavy atom. The Kier molecular flexibility index (Phi) is 4.13. The van der Waals surface area contributed by atoms with Gasteiger partial charge in [0.15, 0.2) is 0 Å². The molecule has 0 aliphatic heterocycles. The topological polar surface area (TPSA) is 35.8 Å². The Morgan fingerprint density at radius 2 is 2.06 bits per heavy atom. The molecule has 1 aromatic heterocycles. The van der Waals surface area contributed by atoms with E-state index in [1.807, 2.05) is 19.1 Å². The van der Waals surface area contributed by atoms with Gasteiger partial charge in [0.25, 0.3) is 0 Å². The van der Waals surface area contributed by atoms with Crippen molar-refractivity contribution in [1.29, 1.82) is 5.26 Å². The van der Waals surface area contributed by atoms with Crippen molar-refractivity contribution < 1.29 is 0 Å². The monoisotopic (exact) mass is 296 g/mol. The van der Waals surface area contributed by atoms with E-state index in [-0.39, 0.29) is 6.04 Å². The lowest BCUT2D eigenvalue weighted by Gasteiger charge is -2.15. The van der Waals surface area contributed by atoms with Gasteiger partial charge in [-0.25, -0.2) is 0 Å². The van der Waals surface area contributed by atoms with Crippen molar-refractivity contribution in [2.75, 3.05) is 5.32 Å². The molecular weight excluding hydrogens is 287 g/mol. The molecule has 0 radical (unpaired) electrons. The average Bonchev–Trinajstić information content (AvgIpc) is 2.76. The number of benzene rings is 1. The van der Waals surface area contributed by atoms with Crippen LogP contribution in [0.15, 0.2) is 30.3 Å².